The lowest BCUT2D eigenvalue weighted by atomic mass is 10.1. The molecule has 2 aromatic rings. The van der Waals surface area contributed by atoms with Gasteiger partial charge in [-0.15, -0.1) is 0 Å². The van der Waals surface area contributed by atoms with Gasteiger partial charge >= 0.3 is 0 Å². The molecule has 1 saturated heterocycles. The molecular weight excluding hydrogens is 294 g/mol. The third-order valence-corrected chi connectivity index (χ3v) is 3.91. The molecule has 23 heavy (non-hydrogen) atoms. The van der Waals surface area contributed by atoms with Crippen LogP contribution in [0.15, 0.2) is 34.9 Å². The van der Waals surface area contributed by atoms with Crippen molar-refractivity contribution in [2.45, 2.75) is 25.7 Å². The number of nitrogens with zero attached hydrogens (tertiary/aromatic N) is 2. The first-order valence-corrected chi connectivity index (χ1v) is 8.04. The van der Waals surface area contributed by atoms with Crippen LogP contribution in [-0.2, 0) is 16.0 Å². The predicted octanol–water partition coefficient (Wildman–Crippen LogP) is 2.21. The summed E-state index contributed by atoms with van der Waals surface area (Å²) in [4.78, 5) is 16.2. The Labute approximate surface area is 135 Å². The highest BCUT2D eigenvalue weighted by atomic mass is 16.5. The normalized spacial score (nSPS) is 17.3. The molecule has 122 valence electrons. The Morgan fingerprint density at radius 3 is 2.96 bits per heavy atom. The van der Waals surface area contributed by atoms with Crippen LogP contribution in [0.2, 0.25) is 0 Å². The summed E-state index contributed by atoms with van der Waals surface area (Å²) in [5.74, 6) is 1.69. The zero-order valence-electron chi connectivity index (χ0n) is 13.0. The van der Waals surface area contributed by atoms with Crippen molar-refractivity contribution in [3.8, 4) is 11.4 Å². The second-order valence-electron chi connectivity index (χ2n) is 5.76. The van der Waals surface area contributed by atoms with Gasteiger partial charge in [-0.25, -0.2) is 0 Å². The average Bonchev–Trinajstić information content (AvgIpc) is 3.26. The number of hydrogen-bond donors (Lipinski definition) is 1. The van der Waals surface area contributed by atoms with Crippen molar-refractivity contribution in [2.75, 3.05) is 19.8 Å². The predicted molar refractivity (Wildman–Crippen MR) is 84.6 cm³/mol. The van der Waals surface area contributed by atoms with E-state index in [1.165, 1.54) is 0 Å². The van der Waals surface area contributed by atoms with Gasteiger partial charge in [0.15, 0.2) is 0 Å². The van der Waals surface area contributed by atoms with Crippen LogP contribution in [0, 0.1) is 5.92 Å². The molecular formula is C17H21N3O3. The van der Waals surface area contributed by atoms with Crippen molar-refractivity contribution in [1.82, 2.24) is 15.5 Å². The molecule has 0 saturated carbocycles. The summed E-state index contributed by atoms with van der Waals surface area (Å²) in [5.41, 5.74) is 0.930. The van der Waals surface area contributed by atoms with Crippen LogP contribution >= 0.6 is 0 Å². The highest BCUT2D eigenvalue weighted by Gasteiger charge is 2.16. The minimum atomic E-state index is 0.0692. The second kappa shape index (κ2) is 7.87. The van der Waals surface area contributed by atoms with E-state index in [2.05, 4.69) is 15.5 Å². The molecule has 0 spiro atoms. The number of amides is 1. The van der Waals surface area contributed by atoms with Crippen molar-refractivity contribution in [2.24, 2.45) is 5.92 Å². The largest absolute Gasteiger partial charge is 0.381 e. The van der Waals surface area contributed by atoms with Gasteiger partial charge in [0, 0.05) is 37.5 Å². The van der Waals surface area contributed by atoms with Crippen molar-refractivity contribution in [1.29, 1.82) is 0 Å². The standard InChI is InChI=1S/C17H21N3O3/c21-15(18-11-13-9-10-22-12-13)7-4-8-16-19-17(20-23-16)14-5-2-1-3-6-14/h1-3,5-6,13H,4,7-12H2,(H,18,21)/t13-/m0/s1. The van der Waals surface area contributed by atoms with Crippen LogP contribution in [0.25, 0.3) is 11.4 Å². The molecule has 1 N–H and O–H groups in total. The number of rotatable bonds is 7. The molecule has 0 bridgehead atoms. The van der Waals surface area contributed by atoms with E-state index in [0.29, 0.717) is 43.4 Å². The molecule has 3 rings (SSSR count). The van der Waals surface area contributed by atoms with Crippen LogP contribution in [0.1, 0.15) is 25.2 Å². The van der Waals surface area contributed by atoms with Crippen molar-refractivity contribution in [3.05, 3.63) is 36.2 Å². The maximum Gasteiger partial charge on any atom is 0.226 e. The van der Waals surface area contributed by atoms with Gasteiger partial charge in [0.1, 0.15) is 0 Å². The summed E-state index contributed by atoms with van der Waals surface area (Å²) in [6, 6.07) is 9.70. The Morgan fingerprint density at radius 1 is 1.30 bits per heavy atom. The summed E-state index contributed by atoms with van der Waals surface area (Å²) in [6.45, 7) is 2.27. The monoisotopic (exact) mass is 315 g/mol. The van der Waals surface area contributed by atoms with Gasteiger partial charge in [0.2, 0.25) is 17.6 Å². The number of nitrogens with one attached hydrogen (secondary N) is 1. The maximum absolute atomic E-state index is 11.8. The molecule has 1 fully saturated rings. The number of benzene rings is 1. The first-order valence-electron chi connectivity index (χ1n) is 8.04. The minimum absolute atomic E-state index is 0.0692. The fourth-order valence-electron chi connectivity index (χ4n) is 2.55. The average molecular weight is 315 g/mol. The quantitative estimate of drug-likeness (QED) is 0.847. The first-order chi connectivity index (χ1) is 11.3. The van der Waals surface area contributed by atoms with E-state index < -0.39 is 0 Å². The van der Waals surface area contributed by atoms with Gasteiger partial charge in [-0.05, 0) is 12.8 Å². The Hall–Kier alpha value is -2.21. The molecule has 1 aliphatic rings. The number of ether oxygens (including phenoxy) is 1. The fourth-order valence-corrected chi connectivity index (χ4v) is 2.55. The number of aryl methyl sites for hydroxylation is 1. The molecule has 1 aromatic carbocycles. The topological polar surface area (TPSA) is 77.2 Å². The molecule has 0 radical (unpaired) electrons. The van der Waals surface area contributed by atoms with Crippen molar-refractivity contribution in [3.63, 3.8) is 0 Å². The molecule has 6 nitrogen and oxygen atoms in total. The number of aromatic nitrogens is 2. The van der Waals surface area contributed by atoms with Crippen LogP contribution < -0.4 is 5.32 Å². The number of hydrogen-bond acceptors (Lipinski definition) is 5. The molecule has 1 aromatic heterocycles. The number of carbonyl (C=O) groups excluding carboxylic acids is 1. The van der Waals surface area contributed by atoms with Gasteiger partial charge in [-0.1, -0.05) is 35.5 Å². The smallest absolute Gasteiger partial charge is 0.226 e. The van der Waals surface area contributed by atoms with Gasteiger partial charge < -0.3 is 14.6 Å². The lowest BCUT2D eigenvalue weighted by Gasteiger charge is -2.08. The molecule has 2 heterocycles. The lowest BCUT2D eigenvalue weighted by molar-refractivity contribution is -0.121. The van der Waals surface area contributed by atoms with E-state index in [1.54, 1.807) is 0 Å². The van der Waals surface area contributed by atoms with E-state index in [1.807, 2.05) is 30.3 Å². The molecule has 1 atom stereocenters. The van der Waals surface area contributed by atoms with Crippen LogP contribution in [0.5, 0.6) is 0 Å². The van der Waals surface area contributed by atoms with Gasteiger partial charge in [-0.2, -0.15) is 4.98 Å². The highest BCUT2D eigenvalue weighted by Crippen LogP contribution is 2.15. The minimum Gasteiger partial charge on any atom is -0.381 e. The summed E-state index contributed by atoms with van der Waals surface area (Å²) in [7, 11) is 0. The van der Waals surface area contributed by atoms with Crippen LogP contribution in [-0.4, -0.2) is 35.8 Å². The SMILES string of the molecule is O=C(CCCc1nc(-c2ccccc2)no1)NC[C@@H]1CCOC1. The Morgan fingerprint density at radius 2 is 2.17 bits per heavy atom. The molecule has 1 aliphatic heterocycles. The number of carbonyl (C=O) groups is 1. The van der Waals surface area contributed by atoms with E-state index >= 15 is 0 Å². The van der Waals surface area contributed by atoms with Gasteiger partial charge in [0.25, 0.3) is 0 Å². The highest BCUT2D eigenvalue weighted by molar-refractivity contribution is 5.75. The third-order valence-electron chi connectivity index (χ3n) is 3.91. The Kier molecular flexibility index (Phi) is 5.37. The van der Waals surface area contributed by atoms with Gasteiger partial charge in [0.05, 0.1) is 6.61 Å². The summed E-state index contributed by atoms with van der Waals surface area (Å²) < 4.78 is 10.5. The Balaban J connectivity index is 1.39. The zero-order chi connectivity index (χ0) is 15.9. The van der Waals surface area contributed by atoms with Crippen molar-refractivity contribution < 1.29 is 14.1 Å². The Bertz CT molecular complexity index is 621. The first kappa shape index (κ1) is 15.7. The third kappa shape index (κ3) is 4.63. The molecule has 6 heteroatoms. The maximum atomic E-state index is 11.8. The van der Waals surface area contributed by atoms with Crippen LogP contribution in [0.4, 0.5) is 0 Å². The molecule has 1 amide bonds. The van der Waals surface area contributed by atoms with Gasteiger partial charge in [-0.3, -0.25) is 4.79 Å². The van der Waals surface area contributed by atoms with E-state index in [-0.39, 0.29) is 5.91 Å². The van der Waals surface area contributed by atoms with E-state index in [0.717, 1.165) is 25.2 Å². The van der Waals surface area contributed by atoms with Crippen LogP contribution in [0.3, 0.4) is 0 Å². The molecule has 0 unspecified atom stereocenters. The summed E-state index contributed by atoms with van der Waals surface area (Å²) >= 11 is 0. The fraction of sp³-hybridized carbons (Fsp3) is 0.471. The zero-order valence-corrected chi connectivity index (χ0v) is 13.0. The second-order valence-corrected chi connectivity index (χ2v) is 5.76. The summed E-state index contributed by atoms with van der Waals surface area (Å²) in [6.07, 6.45) is 2.81. The van der Waals surface area contributed by atoms with E-state index in [9.17, 15) is 4.79 Å². The van der Waals surface area contributed by atoms with Crippen molar-refractivity contribution >= 4 is 5.91 Å². The molecule has 0 aliphatic carbocycles. The lowest BCUT2D eigenvalue weighted by Crippen LogP contribution is -2.29. The summed E-state index contributed by atoms with van der Waals surface area (Å²) in [5, 5.41) is 6.93. The van der Waals surface area contributed by atoms with E-state index in [4.69, 9.17) is 9.26 Å².